The summed E-state index contributed by atoms with van der Waals surface area (Å²) in [5.41, 5.74) is 0.948. The Balaban J connectivity index is 2.08. The molecular formula is C14H9N3O2S. The van der Waals surface area contributed by atoms with Gasteiger partial charge >= 0.3 is 5.97 Å². The van der Waals surface area contributed by atoms with E-state index in [1.807, 2.05) is 24.3 Å². The molecule has 3 rings (SSSR count). The zero-order valence-corrected chi connectivity index (χ0v) is 11.0. The highest BCUT2D eigenvalue weighted by molar-refractivity contribution is 7.99. The van der Waals surface area contributed by atoms with Gasteiger partial charge in [0.05, 0.1) is 17.3 Å². The van der Waals surface area contributed by atoms with E-state index in [0.717, 1.165) is 15.8 Å². The van der Waals surface area contributed by atoms with Crippen molar-refractivity contribution in [2.45, 2.75) is 9.92 Å². The van der Waals surface area contributed by atoms with E-state index in [0.29, 0.717) is 5.03 Å². The number of nitrogens with zero attached hydrogens (tertiary/aromatic N) is 3. The first-order valence-electron chi connectivity index (χ1n) is 5.82. The molecule has 0 saturated heterocycles. The fraction of sp³-hybridized carbons (Fsp3) is 0. The number of carbonyl (C=O) groups is 1. The number of hydrogen-bond donors (Lipinski definition) is 1. The third kappa shape index (κ3) is 2.33. The molecule has 5 nitrogen and oxygen atoms in total. The van der Waals surface area contributed by atoms with E-state index < -0.39 is 5.97 Å². The third-order valence-electron chi connectivity index (χ3n) is 2.72. The van der Waals surface area contributed by atoms with Crippen LogP contribution in [-0.4, -0.2) is 26.3 Å². The molecule has 0 saturated carbocycles. The number of aromatic carboxylic acids is 1. The Hall–Kier alpha value is -2.47. The lowest BCUT2D eigenvalue weighted by molar-refractivity contribution is 0.0692. The maximum atomic E-state index is 11.2. The van der Waals surface area contributed by atoms with Gasteiger partial charge in [0.1, 0.15) is 5.03 Å². The Morgan fingerprint density at radius 1 is 1.15 bits per heavy atom. The smallest absolute Gasteiger partial charge is 0.338 e. The first-order chi connectivity index (χ1) is 9.75. The van der Waals surface area contributed by atoms with Crippen LogP contribution in [-0.2, 0) is 0 Å². The molecule has 2 aromatic heterocycles. The molecule has 0 aliphatic heterocycles. The van der Waals surface area contributed by atoms with Crippen LogP contribution in [0, 0.1) is 0 Å². The summed E-state index contributed by atoms with van der Waals surface area (Å²) in [5, 5.41) is 18.5. The van der Waals surface area contributed by atoms with E-state index in [9.17, 15) is 9.90 Å². The van der Waals surface area contributed by atoms with Crippen molar-refractivity contribution in [2.24, 2.45) is 0 Å². The van der Waals surface area contributed by atoms with Crippen LogP contribution in [0.3, 0.4) is 0 Å². The average Bonchev–Trinajstić information content (AvgIpc) is 2.48. The van der Waals surface area contributed by atoms with Gasteiger partial charge in [0.25, 0.3) is 0 Å². The Bertz CT molecular complexity index is 787. The number of aromatic nitrogens is 3. The lowest BCUT2D eigenvalue weighted by Crippen LogP contribution is -2.00. The van der Waals surface area contributed by atoms with E-state index in [4.69, 9.17) is 0 Å². The number of rotatable bonds is 3. The summed E-state index contributed by atoms with van der Waals surface area (Å²) in [7, 11) is 0. The maximum Gasteiger partial charge on any atom is 0.338 e. The van der Waals surface area contributed by atoms with Gasteiger partial charge in [0, 0.05) is 16.5 Å². The van der Waals surface area contributed by atoms with Crippen LogP contribution in [0.4, 0.5) is 0 Å². The summed E-state index contributed by atoms with van der Waals surface area (Å²) < 4.78 is 0. The highest BCUT2D eigenvalue weighted by Crippen LogP contribution is 2.32. The molecule has 1 aromatic carbocycles. The van der Waals surface area contributed by atoms with Gasteiger partial charge in [-0.15, -0.1) is 0 Å². The number of hydrogen-bond acceptors (Lipinski definition) is 5. The second-order valence-electron chi connectivity index (χ2n) is 3.99. The molecule has 0 atom stereocenters. The number of carboxylic acids is 1. The first-order valence-corrected chi connectivity index (χ1v) is 6.64. The Morgan fingerprint density at radius 2 is 2.00 bits per heavy atom. The van der Waals surface area contributed by atoms with Gasteiger partial charge in [0.2, 0.25) is 0 Å². The summed E-state index contributed by atoms with van der Waals surface area (Å²) in [5.74, 6) is -0.994. The van der Waals surface area contributed by atoms with Crippen molar-refractivity contribution in [3.05, 3.63) is 54.4 Å². The minimum Gasteiger partial charge on any atom is -0.478 e. The zero-order valence-electron chi connectivity index (χ0n) is 10.2. The van der Waals surface area contributed by atoms with Gasteiger partial charge in [0.15, 0.2) is 0 Å². The van der Waals surface area contributed by atoms with Gasteiger partial charge < -0.3 is 5.11 Å². The van der Waals surface area contributed by atoms with E-state index in [2.05, 4.69) is 15.2 Å². The molecule has 0 aliphatic rings. The largest absolute Gasteiger partial charge is 0.478 e. The molecule has 20 heavy (non-hydrogen) atoms. The molecule has 0 unspecified atom stereocenters. The highest BCUT2D eigenvalue weighted by Gasteiger charge is 2.13. The van der Waals surface area contributed by atoms with E-state index in [1.54, 1.807) is 18.5 Å². The van der Waals surface area contributed by atoms with Gasteiger partial charge in [-0.1, -0.05) is 30.0 Å². The molecule has 2 heterocycles. The normalized spacial score (nSPS) is 10.6. The number of fused-ring (bicyclic) bond motifs is 1. The van der Waals surface area contributed by atoms with Crippen LogP contribution in [0.25, 0.3) is 10.9 Å². The molecule has 0 bridgehead atoms. The van der Waals surface area contributed by atoms with Crippen molar-refractivity contribution in [1.29, 1.82) is 0 Å². The molecule has 0 spiro atoms. The summed E-state index contributed by atoms with van der Waals surface area (Å²) >= 11 is 1.28. The van der Waals surface area contributed by atoms with Crippen LogP contribution < -0.4 is 0 Å². The molecular weight excluding hydrogens is 274 g/mol. The quantitative estimate of drug-likeness (QED) is 0.796. The minimum atomic E-state index is -0.994. The van der Waals surface area contributed by atoms with Crippen LogP contribution >= 0.6 is 11.8 Å². The van der Waals surface area contributed by atoms with E-state index in [-0.39, 0.29) is 5.56 Å². The van der Waals surface area contributed by atoms with Crippen molar-refractivity contribution >= 4 is 28.6 Å². The fourth-order valence-electron chi connectivity index (χ4n) is 1.80. The Morgan fingerprint density at radius 3 is 2.85 bits per heavy atom. The maximum absolute atomic E-state index is 11.2. The fourth-order valence-corrected chi connectivity index (χ4v) is 2.77. The number of carboxylic acid groups (broad SMARTS) is 1. The van der Waals surface area contributed by atoms with Crippen molar-refractivity contribution in [3.8, 4) is 0 Å². The Kier molecular flexibility index (Phi) is 3.30. The third-order valence-corrected chi connectivity index (χ3v) is 3.78. The molecule has 3 aromatic rings. The Labute approximate surface area is 118 Å². The van der Waals surface area contributed by atoms with Gasteiger partial charge in [-0.05, 0) is 18.2 Å². The van der Waals surface area contributed by atoms with Crippen molar-refractivity contribution in [2.75, 3.05) is 0 Å². The second-order valence-corrected chi connectivity index (χ2v) is 5.02. The van der Waals surface area contributed by atoms with Crippen molar-refractivity contribution in [3.63, 3.8) is 0 Å². The standard InChI is InChI=1S/C14H9N3O2S/c18-14(19)10-5-3-7-15-13(10)20-12-8-16-17-11-6-2-1-4-9(11)12/h1-8H,(H,18,19). The summed E-state index contributed by atoms with van der Waals surface area (Å²) in [6, 6.07) is 10.7. The minimum absolute atomic E-state index is 0.179. The van der Waals surface area contributed by atoms with Crippen LogP contribution in [0.1, 0.15) is 10.4 Å². The summed E-state index contributed by atoms with van der Waals surface area (Å²) in [4.78, 5) is 16.2. The molecule has 0 radical (unpaired) electrons. The molecule has 0 amide bonds. The van der Waals surface area contributed by atoms with Gasteiger partial charge in [-0.25, -0.2) is 9.78 Å². The summed E-state index contributed by atoms with van der Waals surface area (Å²) in [6.07, 6.45) is 3.19. The highest BCUT2D eigenvalue weighted by atomic mass is 32.2. The van der Waals surface area contributed by atoms with Crippen LogP contribution in [0.15, 0.2) is 58.7 Å². The molecule has 98 valence electrons. The topological polar surface area (TPSA) is 76.0 Å². The van der Waals surface area contributed by atoms with E-state index in [1.165, 1.54) is 17.8 Å². The van der Waals surface area contributed by atoms with Gasteiger partial charge in [-0.3, -0.25) is 0 Å². The molecule has 0 fully saturated rings. The van der Waals surface area contributed by atoms with E-state index >= 15 is 0 Å². The monoisotopic (exact) mass is 283 g/mol. The molecule has 0 aliphatic carbocycles. The van der Waals surface area contributed by atoms with Crippen LogP contribution in [0.5, 0.6) is 0 Å². The predicted molar refractivity (Wildman–Crippen MR) is 74.9 cm³/mol. The molecule has 6 heteroatoms. The average molecular weight is 283 g/mol. The number of pyridine rings is 1. The zero-order chi connectivity index (χ0) is 13.9. The predicted octanol–water partition coefficient (Wildman–Crippen LogP) is 2.87. The van der Waals surface area contributed by atoms with Crippen molar-refractivity contribution in [1.82, 2.24) is 15.2 Å². The van der Waals surface area contributed by atoms with Gasteiger partial charge in [-0.2, -0.15) is 10.2 Å². The molecule has 1 N–H and O–H groups in total. The number of benzene rings is 1. The van der Waals surface area contributed by atoms with Crippen molar-refractivity contribution < 1.29 is 9.90 Å². The summed E-state index contributed by atoms with van der Waals surface area (Å²) in [6.45, 7) is 0. The SMILES string of the molecule is O=C(O)c1cccnc1Sc1cnnc2ccccc12. The first kappa shape index (κ1) is 12.6. The lowest BCUT2D eigenvalue weighted by Gasteiger charge is -2.06. The van der Waals surface area contributed by atoms with Crippen LogP contribution in [0.2, 0.25) is 0 Å². The second kappa shape index (κ2) is 5.26. The lowest BCUT2D eigenvalue weighted by atomic mass is 10.2.